The summed E-state index contributed by atoms with van der Waals surface area (Å²) in [4.78, 5) is 18.3. The van der Waals surface area contributed by atoms with Crippen molar-refractivity contribution in [1.29, 1.82) is 0 Å². The summed E-state index contributed by atoms with van der Waals surface area (Å²) in [5.74, 6) is -8.67. The molecule has 2 aromatic carbocycles. The number of nitrogens with one attached hydrogen (secondary N) is 1. The first-order chi connectivity index (χ1) is 18.0. The summed E-state index contributed by atoms with van der Waals surface area (Å²) in [5, 5.41) is 21.8. The largest absolute Gasteiger partial charge is 0.478 e. The van der Waals surface area contributed by atoms with Gasteiger partial charge in [-0.15, -0.1) is 10.2 Å². The van der Waals surface area contributed by atoms with E-state index in [-0.39, 0.29) is 37.5 Å². The number of aryl methyl sites for hydroxylation is 1. The number of aromatic carboxylic acids is 1. The minimum atomic E-state index is -3.99. The molecular weight excluding hydrogens is 504 g/mol. The van der Waals surface area contributed by atoms with Gasteiger partial charge in [-0.2, -0.15) is 17.6 Å². The second kappa shape index (κ2) is 8.02. The SMILES string of the molecule is Cc1cc([C@@H](C)Nc2ccccc2C(=O)O)c2nc(N3CCC4(CC3)C(F)(F)C4(F)F)n3cnnc3c2c1. The number of alkyl halides is 4. The van der Waals surface area contributed by atoms with Crippen LogP contribution in [0.15, 0.2) is 42.7 Å². The number of carboxylic acids is 1. The van der Waals surface area contributed by atoms with Crippen molar-refractivity contribution in [2.45, 2.75) is 44.6 Å². The van der Waals surface area contributed by atoms with Crippen LogP contribution in [0.4, 0.5) is 29.2 Å². The molecule has 1 aliphatic carbocycles. The molecule has 0 unspecified atom stereocenters. The lowest BCUT2D eigenvalue weighted by molar-refractivity contribution is -0.0278. The number of benzene rings is 2. The van der Waals surface area contributed by atoms with Crippen molar-refractivity contribution in [3.05, 3.63) is 59.4 Å². The Labute approximate surface area is 214 Å². The number of carbonyl (C=O) groups is 1. The van der Waals surface area contributed by atoms with E-state index in [2.05, 4.69) is 15.5 Å². The molecular formula is C26H24F4N6O2. The molecule has 2 aliphatic rings. The Hall–Kier alpha value is -3.96. The molecule has 0 radical (unpaired) electrons. The van der Waals surface area contributed by atoms with Crippen LogP contribution >= 0.6 is 0 Å². The van der Waals surface area contributed by atoms with Gasteiger partial charge in [0.25, 0.3) is 0 Å². The molecule has 1 saturated heterocycles. The third-order valence-electron chi connectivity index (χ3n) is 7.93. The molecule has 1 spiro atoms. The summed E-state index contributed by atoms with van der Waals surface area (Å²) in [7, 11) is 0. The molecule has 6 rings (SSSR count). The maximum atomic E-state index is 14.0. The molecule has 38 heavy (non-hydrogen) atoms. The Bertz CT molecular complexity index is 1580. The Balaban J connectivity index is 1.41. The zero-order valence-corrected chi connectivity index (χ0v) is 20.6. The smallest absolute Gasteiger partial charge is 0.337 e. The number of carboxylic acid groups (broad SMARTS) is 1. The minimum Gasteiger partial charge on any atom is -0.478 e. The van der Waals surface area contributed by atoms with Crippen LogP contribution < -0.4 is 10.2 Å². The first-order valence-corrected chi connectivity index (χ1v) is 12.2. The Morgan fingerprint density at radius 2 is 1.79 bits per heavy atom. The molecule has 0 amide bonds. The summed E-state index contributed by atoms with van der Waals surface area (Å²) in [6.45, 7) is 3.77. The predicted octanol–water partition coefficient (Wildman–Crippen LogP) is 5.33. The number of piperidine rings is 1. The number of nitrogens with zero attached hydrogens (tertiary/aromatic N) is 5. The van der Waals surface area contributed by atoms with Crippen molar-refractivity contribution < 1.29 is 27.5 Å². The minimum absolute atomic E-state index is 0.0159. The molecule has 4 aromatic rings. The van der Waals surface area contributed by atoms with Gasteiger partial charge in [-0.1, -0.05) is 18.2 Å². The number of halogens is 4. The van der Waals surface area contributed by atoms with Gasteiger partial charge in [0.1, 0.15) is 11.7 Å². The second-order valence-electron chi connectivity index (χ2n) is 10.1. The number of hydrogen-bond donors (Lipinski definition) is 2. The summed E-state index contributed by atoms with van der Waals surface area (Å²) < 4.78 is 57.5. The maximum absolute atomic E-state index is 14.0. The number of aromatic nitrogens is 4. The monoisotopic (exact) mass is 528 g/mol. The van der Waals surface area contributed by atoms with E-state index in [9.17, 15) is 27.5 Å². The van der Waals surface area contributed by atoms with E-state index < -0.39 is 23.2 Å². The van der Waals surface area contributed by atoms with Crippen LogP contribution in [0.25, 0.3) is 16.6 Å². The fourth-order valence-corrected chi connectivity index (χ4v) is 5.72. The van der Waals surface area contributed by atoms with Crippen LogP contribution in [0, 0.1) is 12.3 Å². The van der Waals surface area contributed by atoms with E-state index in [1.165, 1.54) is 12.4 Å². The van der Waals surface area contributed by atoms with Gasteiger partial charge in [0.15, 0.2) is 5.65 Å². The first kappa shape index (κ1) is 24.4. The third kappa shape index (κ3) is 3.21. The van der Waals surface area contributed by atoms with Crippen molar-refractivity contribution in [2.75, 3.05) is 23.3 Å². The highest BCUT2D eigenvalue weighted by Gasteiger charge is 2.95. The van der Waals surface area contributed by atoms with Gasteiger partial charge in [0.05, 0.1) is 17.1 Å². The maximum Gasteiger partial charge on any atom is 0.337 e. The van der Waals surface area contributed by atoms with Crippen LogP contribution in [-0.2, 0) is 0 Å². The van der Waals surface area contributed by atoms with Gasteiger partial charge in [0.2, 0.25) is 5.95 Å². The number of rotatable bonds is 5. The zero-order chi connectivity index (χ0) is 27.0. The molecule has 12 heteroatoms. The molecule has 0 bridgehead atoms. The van der Waals surface area contributed by atoms with Crippen LogP contribution in [0.2, 0.25) is 0 Å². The van der Waals surface area contributed by atoms with Gasteiger partial charge in [-0.05, 0) is 50.5 Å². The lowest BCUT2D eigenvalue weighted by Gasteiger charge is -2.33. The second-order valence-corrected chi connectivity index (χ2v) is 10.1. The van der Waals surface area contributed by atoms with E-state index in [1.807, 2.05) is 26.0 Å². The zero-order valence-electron chi connectivity index (χ0n) is 20.6. The molecule has 2 aromatic heterocycles. The number of para-hydroxylation sites is 1. The number of fused-ring (bicyclic) bond motifs is 3. The molecule has 1 atom stereocenters. The highest BCUT2D eigenvalue weighted by atomic mass is 19.3. The number of anilines is 2. The van der Waals surface area contributed by atoms with Crippen LogP contribution in [-0.4, -0.2) is 55.6 Å². The van der Waals surface area contributed by atoms with E-state index in [0.717, 1.165) is 11.1 Å². The molecule has 2 N–H and O–H groups in total. The quantitative estimate of drug-likeness (QED) is 0.338. The first-order valence-electron chi connectivity index (χ1n) is 12.2. The van der Waals surface area contributed by atoms with Crippen molar-refractivity contribution in [3.8, 4) is 0 Å². The topological polar surface area (TPSA) is 95.6 Å². The fraction of sp³-hybridized carbons (Fsp3) is 0.385. The summed E-state index contributed by atoms with van der Waals surface area (Å²) in [6.07, 6.45) is 0.747. The predicted molar refractivity (Wildman–Crippen MR) is 132 cm³/mol. The highest BCUT2D eigenvalue weighted by molar-refractivity contribution is 5.96. The van der Waals surface area contributed by atoms with Crippen LogP contribution in [0.5, 0.6) is 0 Å². The molecule has 8 nitrogen and oxygen atoms in total. The van der Waals surface area contributed by atoms with Crippen molar-refractivity contribution in [2.24, 2.45) is 5.41 Å². The summed E-state index contributed by atoms with van der Waals surface area (Å²) in [5.41, 5.74) is 1.03. The molecule has 3 heterocycles. The molecule has 198 valence electrons. The number of hydrogen-bond acceptors (Lipinski definition) is 6. The third-order valence-corrected chi connectivity index (χ3v) is 7.93. The van der Waals surface area contributed by atoms with E-state index in [4.69, 9.17) is 4.98 Å². The van der Waals surface area contributed by atoms with Crippen molar-refractivity contribution in [1.82, 2.24) is 19.6 Å². The summed E-state index contributed by atoms with van der Waals surface area (Å²) in [6, 6.07) is 10.0. The summed E-state index contributed by atoms with van der Waals surface area (Å²) >= 11 is 0. The Morgan fingerprint density at radius 3 is 2.45 bits per heavy atom. The highest BCUT2D eigenvalue weighted by Crippen LogP contribution is 2.76. The standard InChI is InChI=1S/C26H24F4N6O2/c1-14-11-17(15(2)32-19-6-4-3-5-16(19)22(37)38)20-18(12-14)21-34-31-13-36(21)23(33-20)35-9-7-24(8-10-35)25(27,28)26(24,29)30/h3-6,11-13,15,32H,7-10H2,1-2H3,(H,37,38)/t15-/m1/s1. The van der Waals surface area contributed by atoms with Crippen molar-refractivity contribution in [3.63, 3.8) is 0 Å². The normalized spacial score (nSPS) is 20.1. The molecule has 1 saturated carbocycles. The Kier molecular flexibility index (Phi) is 5.14. The van der Waals surface area contributed by atoms with E-state index >= 15 is 0 Å². The average Bonchev–Trinajstić information content (AvgIpc) is 3.24. The molecule has 2 fully saturated rings. The average molecular weight is 529 g/mol. The van der Waals surface area contributed by atoms with E-state index in [1.54, 1.807) is 27.5 Å². The van der Waals surface area contributed by atoms with Crippen LogP contribution in [0.1, 0.15) is 47.3 Å². The van der Waals surface area contributed by atoms with Gasteiger partial charge in [-0.3, -0.25) is 4.40 Å². The van der Waals surface area contributed by atoms with Gasteiger partial charge in [0, 0.05) is 29.7 Å². The fourth-order valence-electron chi connectivity index (χ4n) is 5.72. The lowest BCUT2D eigenvalue weighted by Crippen LogP contribution is -2.39. The molecule has 1 aliphatic heterocycles. The van der Waals surface area contributed by atoms with Crippen molar-refractivity contribution >= 4 is 34.2 Å². The van der Waals surface area contributed by atoms with Gasteiger partial charge >= 0.3 is 17.8 Å². The van der Waals surface area contributed by atoms with Gasteiger partial charge < -0.3 is 15.3 Å². The Morgan fingerprint density at radius 1 is 1.11 bits per heavy atom. The van der Waals surface area contributed by atoms with Crippen LogP contribution in [0.3, 0.4) is 0 Å². The van der Waals surface area contributed by atoms with E-state index in [0.29, 0.717) is 28.2 Å². The van der Waals surface area contributed by atoms with Gasteiger partial charge in [-0.25, -0.2) is 9.78 Å². The lowest BCUT2D eigenvalue weighted by atomic mass is 9.92.